The molecule has 1 aliphatic rings. The molecule has 0 spiro atoms. The lowest BCUT2D eigenvalue weighted by atomic mass is 9.87. The molecule has 0 radical (unpaired) electrons. The Labute approximate surface area is 185 Å². The molecule has 170 valence electrons. The number of fused-ring (bicyclic) bond motifs is 1. The van der Waals surface area contributed by atoms with E-state index in [0.29, 0.717) is 31.8 Å². The molecule has 4 rings (SSSR count). The van der Waals surface area contributed by atoms with Crippen LogP contribution in [0.25, 0.3) is 22.2 Å². The third kappa shape index (κ3) is 4.66. The van der Waals surface area contributed by atoms with Crippen molar-refractivity contribution in [3.05, 3.63) is 53.3 Å². The Morgan fingerprint density at radius 2 is 1.91 bits per heavy atom. The number of rotatable bonds is 4. The first-order valence-electron chi connectivity index (χ1n) is 11.1. The van der Waals surface area contributed by atoms with Crippen molar-refractivity contribution in [2.24, 2.45) is 0 Å². The van der Waals surface area contributed by atoms with Crippen molar-refractivity contribution < 1.29 is 18.0 Å². The minimum atomic E-state index is -4.45. The first-order chi connectivity index (χ1) is 15.1. The molecule has 3 aromatic rings. The Bertz CT molecular complexity index is 1130. The molecule has 1 aromatic carbocycles. The predicted octanol–water partition coefficient (Wildman–Crippen LogP) is 6.32. The summed E-state index contributed by atoms with van der Waals surface area (Å²) in [6, 6.07) is 10.5. The average Bonchev–Trinajstić information content (AvgIpc) is 3.12. The highest BCUT2D eigenvalue weighted by molar-refractivity contribution is 5.92. The molecule has 2 aromatic heterocycles. The molecular weight excluding hydrogens is 415 g/mol. The molecule has 0 saturated carbocycles. The summed E-state index contributed by atoms with van der Waals surface area (Å²) < 4.78 is 37.6. The van der Waals surface area contributed by atoms with E-state index in [1.165, 1.54) is 21.4 Å². The summed E-state index contributed by atoms with van der Waals surface area (Å²) in [5.41, 5.74) is 6.67. The number of likely N-dealkylation sites (tertiary alicyclic amines) is 1. The van der Waals surface area contributed by atoms with Gasteiger partial charge in [-0.15, -0.1) is 0 Å². The summed E-state index contributed by atoms with van der Waals surface area (Å²) >= 11 is 0. The Morgan fingerprint density at radius 3 is 2.53 bits per heavy atom. The molecule has 1 saturated heterocycles. The normalized spacial score (nSPS) is 15.7. The minimum Gasteiger partial charge on any atom is -0.354 e. The summed E-state index contributed by atoms with van der Waals surface area (Å²) in [5, 5.41) is 1.18. The van der Waals surface area contributed by atoms with E-state index in [9.17, 15) is 18.0 Å². The lowest BCUT2D eigenvalue weighted by Gasteiger charge is -2.32. The number of amides is 1. The molecule has 3 heterocycles. The topological polar surface area (TPSA) is 49.0 Å². The number of halogens is 3. The number of nitrogens with one attached hydrogen (secondary N) is 1. The Balaban J connectivity index is 1.59. The van der Waals surface area contributed by atoms with Crippen LogP contribution < -0.4 is 0 Å². The second-order valence-electron chi connectivity index (χ2n) is 9.01. The van der Waals surface area contributed by atoms with Crippen LogP contribution in [0.4, 0.5) is 13.2 Å². The summed E-state index contributed by atoms with van der Waals surface area (Å²) in [7, 11) is 0. The summed E-state index contributed by atoms with van der Waals surface area (Å²) in [6.45, 7) is 7.06. The van der Waals surface area contributed by atoms with Gasteiger partial charge in [0.25, 0.3) is 0 Å². The maximum absolute atomic E-state index is 12.5. The van der Waals surface area contributed by atoms with Gasteiger partial charge >= 0.3 is 6.18 Å². The molecule has 0 bridgehead atoms. The zero-order chi connectivity index (χ0) is 23.0. The van der Waals surface area contributed by atoms with Crippen molar-refractivity contribution in [2.75, 3.05) is 13.1 Å². The fraction of sp³-hybridized carbons (Fsp3) is 0.440. The number of hydrogen-bond acceptors (Lipinski definition) is 2. The fourth-order valence-electron chi connectivity index (χ4n) is 4.76. The number of hydrogen-bond donors (Lipinski definition) is 1. The SMILES string of the molecule is Cc1cc(-c2[nH]c3ccc(C4CCN(C(=O)CC(F)(F)F)CC4)cc3c2C(C)C)ccn1. The number of aromatic nitrogens is 2. The first kappa shape index (κ1) is 22.4. The smallest absolute Gasteiger partial charge is 0.354 e. The number of carbonyl (C=O) groups is 1. The monoisotopic (exact) mass is 443 g/mol. The van der Waals surface area contributed by atoms with E-state index >= 15 is 0 Å². The number of H-pyrrole nitrogens is 1. The summed E-state index contributed by atoms with van der Waals surface area (Å²) in [4.78, 5) is 21.1. The van der Waals surface area contributed by atoms with Gasteiger partial charge in [0.1, 0.15) is 6.42 Å². The molecule has 32 heavy (non-hydrogen) atoms. The minimum absolute atomic E-state index is 0.232. The first-order valence-corrected chi connectivity index (χ1v) is 11.1. The number of aromatic amines is 1. The van der Waals surface area contributed by atoms with E-state index < -0.39 is 18.5 Å². The third-order valence-corrected chi connectivity index (χ3v) is 6.30. The van der Waals surface area contributed by atoms with Crippen LogP contribution in [-0.2, 0) is 4.79 Å². The van der Waals surface area contributed by atoms with E-state index in [1.54, 1.807) is 0 Å². The molecular formula is C25H28F3N3O. The number of nitrogens with zero attached hydrogens (tertiary/aromatic N) is 2. The van der Waals surface area contributed by atoms with E-state index in [4.69, 9.17) is 0 Å². The van der Waals surface area contributed by atoms with Crippen LogP contribution in [0.5, 0.6) is 0 Å². The molecule has 4 nitrogen and oxygen atoms in total. The van der Waals surface area contributed by atoms with E-state index in [-0.39, 0.29) is 5.92 Å². The third-order valence-electron chi connectivity index (χ3n) is 6.30. The highest BCUT2D eigenvalue weighted by atomic mass is 19.4. The standard InChI is InChI=1S/C25H28F3N3O/c1-15(2)23-20-13-18(17-7-10-31(11-8-17)22(32)14-25(26,27)28)4-5-21(20)30-24(23)19-6-9-29-16(3)12-19/h4-6,9,12-13,15,17,30H,7-8,10-11,14H2,1-3H3. The zero-order valence-corrected chi connectivity index (χ0v) is 18.6. The van der Waals surface area contributed by atoms with Crippen LogP contribution in [0.15, 0.2) is 36.5 Å². The van der Waals surface area contributed by atoms with Gasteiger partial charge in [0, 0.05) is 41.4 Å². The quantitative estimate of drug-likeness (QED) is 0.513. The second-order valence-corrected chi connectivity index (χ2v) is 9.01. The zero-order valence-electron chi connectivity index (χ0n) is 18.6. The van der Waals surface area contributed by atoms with Crippen LogP contribution in [-0.4, -0.2) is 40.0 Å². The summed E-state index contributed by atoms with van der Waals surface area (Å²) in [6.07, 6.45) is -2.66. The van der Waals surface area contributed by atoms with Crippen molar-refractivity contribution in [1.29, 1.82) is 0 Å². The molecule has 1 aliphatic heterocycles. The molecule has 0 unspecified atom stereocenters. The van der Waals surface area contributed by atoms with E-state index in [2.05, 4.69) is 48.1 Å². The number of piperidine rings is 1. The fourth-order valence-corrected chi connectivity index (χ4v) is 4.76. The van der Waals surface area contributed by atoms with E-state index in [1.807, 2.05) is 19.2 Å². The Hall–Kier alpha value is -2.83. The molecule has 1 amide bonds. The summed E-state index contributed by atoms with van der Waals surface area (Å²) in [5.74, 6) is -0.281. The van der Waals surface area contributed by atoms with Crippen LogP contribution >= 0.6 is 0 Å². The number of carbonyl (C=O) groups excluding carboxylic acids is 1. The number of alkyl halides is 3. The predicted molar refractivity (Wildman–Crippen MR) is 120 cm³/mol. The van der Waals surface area contributed by atoms with Crippen molar-refractivity contribution in [3.8, 4) is 11.3 Å². The highest BCUT2D eigenvalue weighted by Gasteiger charge is 2.35. The van der Waals surface area contributed by atoms with Crippen LogP contribution in [0.3, 0.4) is 0 Å². The highest BCUT2D eigenvalue weighted by Crippen LogP contribution is 2.38. The number of aryl methyl sites for hydroxylation is 1. The lowest BCUT2D eigenvalue weighted by molar-refractivity contribution is -0.162. The van der Waals surface area contributed by atoms with Crippen molar-refractivity contribution in [2.45, 2.75) is 58.0 Å². The van der Waals surface area contributed by atoms with Gasteiger partial charge in [-0.2, -0.15) is 13.2 Å². The van der Waals surface area contributed by atoms with Crippen LogP contribution in [0.1, 0.15) is 61.8 Å². The van der Waals surface area contributed by atoms with Gasteiger partial charge in [0.05, 0.1) is 5.69 Å². The van der Waals surface area contributed by atoms with Gasteiger partial charge in [-0.05, 0) is 67.0 Å². The average molecular weight is 444 g/mol. The van der Waals surface area contributed by atoms with E-state index in [0.717, 1.165) is 22.5 Å². The van der Waals surface area contributed by atoms with Crippen molar-refractivity contribution >= 4 is 16.8 Å². The van der Waals surface area contributed by atoms with Crippen molar-refractivity contribution in [1.82, 2.24) is 14.9 Å². The Morgan fingerprint density at radius 1 is 1.19 bits per heavy atom. The maximum Gasteiger partial charge on any atom is 0.397 e. The maximum atomic E-state index is 12.5. The molecule has 1 N–H and O–H groups in total. The van der Waals surface area contributed by atoms with Gasteiger partial charge in [-0.25, -0.2) is 0 Å². The number of pyridine rings is 1. The van der Waals surface area contributed by atoms with Crippen molar-refractivity contribution in [3.63, 3.8) is 0 Å². The number of benzene rings is 1. The molecule has 0 atom stereocenters. The van der Waals surface area contributed by atoms with Gasteiger partial charge in [0.15, 0.2) is 0 Å². The van der Waals surface area contributed by atoms with Gasteiger partial charge in [-0.3, -0.25) is 9.78 Å². The van der Waals surface area contributed by atoms with Gasteiger partial charge < -0.3 is 9.88 Å². The van der Waals surface area contributed by atoms with Crippen LogP contribution in [0.2, 0.25) is 0 Å². The molecule has 1 fully saturated rings. The molecule has 0 aliphatic carbocycles. The van der Waals surface area contributed by atoms with Gasteiger partial charge in [0.2, 0.25) is 5.91 Å². The molecule has 7 heteroatoms. The lowest BCUT2D eigenvalue weighted by Crippen LogP contribution is -2.39. The second kappa shape index (κ2) is 8.60. The van der Waals surface area contributed by atoms with Crippen LogP contribution in [0, 0.1) is 6.92 Å². The Kier molecular flexibility index (Phi) is 6.01. The van der Waals surface area contributed by atoms with Gasteiger partial charge in [-0.1, -0.05) is 19.9 Å². The largest absolute Gasteiger partial charge is 0.397 e.